The maximum atomic E-state index is 12.6. The molecule has 3 heterocycles. The largest absolute Gasteiger partial charge is 0.394 e. The molecule has 16 heteroatoms. The van der Waals surface area contributed by atoms with Gasteiger partial charge in [0.15, 0.2) is 24.7 Å². The minimum absolute atomic E-state index is 0.0604. The molecule has 7 aliphatic rings. The van der Waals surface area contributed by atoms with Crippen LogP contribution in [0.4, 0.5) is 0 Å². The number of rotatable bonds is 9. The average molecular weight is 787 g/mol. The standard InChI is InChI=1S/C39H62O16/c1-16(42)21-7-8-22-20-6-5-18-13-19(9-11-38(18,3)23(20)10-12-39(21,22)4)51-37-34(55-36-31(48)29(46)27(44)24(14-40)52-36)32(49)33(25(15-41)53-37)54-35-30(47)28(45)26(43)17(2)50-35/h7,17-20,22-37,40-41,43-49H,5-6,8-15H2,1-4H3/t17-,18-,19+,20+,22+,23+,24+,25-,26-,27+,28+,29-,30+,31+,32-,33-,34+,35-,36+,37+,38-,39+/m0/s1. The number of aliphatic hydroxyl groups excluding tert-OH is 9. The maximum Gasteiger partial charge on any atom is 0.187 e. The molecule has 16 nitrogen and oxygen atoms in total. The van der Waals surface area contributed by atoms with Crippen LogP contribution in [-0.4, -0.2) is 163 Å². The molecule has 3 saturated carbocycles. The van der Waals surface area contributed by atoms with Gasteiger partial charge < -0.3 is 74.4 Å². The molecule has 0 aromatic carbocycles. The van der Waals surface area contributed by atoms with Crippen LogP contribution in [0, 0.1) is 34.5 Å². The van der Waals surface area contributed by atoms with Crippen molar-refractivity contribution in [1.82, 2.24) is 0 Å². The SMILES string of the molecule is CC(=O)C1=CC[C@@H]2[C@H]3CC[C@H]4C[C@H](O[C@@H]5O[C@@H](CO)[C@H](O[C@@H]6O[C@@H](C)[C@H](O)[C@@H](O)[C@H]6O)[C@H](O)[C@H]5O[C@H]5O[C@H](CO)[C@@H](O)[C@H](O)[C@H]5O)CC[C@]4(C)[C@@H]3CC[C@]12C. The summed E-state index contributed by atoms with van der Waals surface area (Å²) < 4.78 is 36.1. The number of aliphatic hydroxyl groups is 9. The Morgan fingerprint density at radius 2 is 1.35 bits per heavy atom. The third-order valence-corrected chi connectivity index (χ3v) is 14.9. The zero-order valence-electron chi connectivity index (χ0n) is 32.1. The lowest BCUT2D eigenvalue weighted by Gasteiger charge is -2.61. The average Bonchev–Trinajstić information content (AvgIpc) is 3.52. The lowest BCUT2D eigenvalue weighted by atomic mass is 9.44. The predicted molar refractivity (Wildman–Crippen MR) is 188 cm³/mol. The molecule has 22 atom stereocenters. The van der Waals surface area contributed by atoms with Crippen LogP contribution in [0.3, 0.4) is 0 Å². The summed E-state index contributed by atoms with van der Waals surface area (Å²) in [4.78, 5) is 12.6. The molecule has 4 aliphatic carbocycles. The predicted octanol–water partition coefficient (Wildman–Crippen LogP) is -0.984. The van der Waals surface area contributed by atoms with Gasteiger partial charge in [-0.05, 0) is 105 Å². The smallest absolute Gasteiger partial charge is 0.187 e. The molecule has 9 N–H and O–H groups in total. The molecule has 314 valence electrons. The van der Waals surface area contributed by atoms with E-state index in [-0.39, 0.29) is 22.7 Å². The lowest BCUT2D eigenvalue weighted by molar-refractivity contribution is -0.391. The Labute approximate surface area is 321 Å². The molecule has 55 heavy (non-hydrogen) atoms. The Kier molecular flexibility index (Phi) is 12.3. The van der Waals surface area contributed by atoms with Crippen molar-refractivity contribution in [3.05, 3.63) is 11.6 Å². The van der Waals surface area contributed by atoms with Crippen LogP contribution in [0.2, 0.25) is 0 Å². The maximum absolute atomic E-state index is 12.6. The molecule has 3 aliphatic heterocycles. The third kappa shape index (κ3) is 7.28. The molecule has 0 aromatic heterocycles. The van der Waals surface area contributed by atoms with Crippen molar-refractivity contribution >= 4 is 5.78 Å². The van der Waals surface area contributed by atoms with Crippen molar-refractivity contribution in [1.29, 1.82) is 0 Å². The van der Waals surface area contributed by atoms with Crippen molar-refractivity contribution in [2.24, 2.45) is 34.5 Å². The van der Waals surface area contributed by atoms with Crippen LogP contribution in [0.1, 0.15) is 79.1 Å². The molecule has 0 bridgehead atoms. The van der Waals surface area contributed by atoms with Crippen LogP contribution in [0.25, 0.3) is 0 Å². The fourth-order valence-electron chi connectivity index (χ4n) is 11.7. The summed E-state index contributed by atoms with van der Waals surface area (Å²) in [6, 6.07) is 0. The number of ether oxygens (including phenoxy) is 6. The molecule has 0 aromatic rings. The van der Waals surface area contributed by atoms with Gasteiger partial charge in [0.05, 0.1) is 25.4 Å². The van der Waals surface area contributed by atoms with E-state index in [2.05, 4.69) is 19.9 Å². The van der Waals surface area contributed by atoms with Gasteiger partial charge in [-0.1, -0.05) is 19.9 Å². The molecule has 3 saturated heterocycles. The van der Waals surface area contributed by atoms with Crippen LogP contribution in [0.15, 0.2) is 11.6 Å². The Bertz CT molecular complexity index is 1400. The second kappa shape index (κ2) is 16.1. The number of ketones is 1. The van der Waals surface area contributed by atoms with E-state index in [4.69, 9.17) is 28.4 Å². The van der Waals surface area contributed by atoms with Crippen LogP contribution in [0.5, 0.6) is 0 Å². The normalized spacial score (nSPS) is 54.2. The Hall–Kier alpha value is -1.19. The van der Waals surface area contributed by atoms with Gasteiger partial charge in [0, 0.05) is 0 Å². The number of fused-ring (bicyclic) bond motifs is 5. The summed E-state index contributed by atoms with van der Waals surface area (Å²) in [6.07, 6.45) is -13.7. The van der Waals surface area contributed by atoms with E-state index < -0.39 is 105 Å². The van der Waals surface area contributed by atoms with E-state index in [9.17, 15) is 50.8 Å². The van der Waals surface area contributed by atoms with Crippen molar-refractivity contribution in [3.63, 3.8) is 0 Å². The van der Waals surface area contributed by atoms with Gasteiger partial charge in [0.1, 0.15) is 67.1 Å². The van der Waals surface area contributed by atoms with E-state index in [1.165, 1.54) is 6.92 Å². The number of hydrogen-bond donors (Lipinski definition) is 9. The highest BCUT2D eigenvalue weighted by Gasteiger charge is 2.60. The lowest BCUT2D eigenvalue weighted by Crippen LogP contribution is -2.67. The van der Waals surface area contributed by atoms with Gasteiger partial charge >= 0.3 is 0 Å². The summed E-state index contributed by atoms with van der Waals surface area (Å²) in [7, 11) is 0. The fourth-order valence-corrected chi connectivity index (χ4v) is 11.7. The summed E-state index contributed by atoms with van der Waals surface area (Å²) >= 11 is 0. The molecule has 6 fully saturated rings. The Morgan fingerprint density at radius 1 is 0.709 bits per heavy atom. The van der Waals surface area contributed by atoms with E-state index in [0.29, 0.717) is 36.5 Å². The highest BCUT2D eigenvalue weighted by Crippen LogP contribution is 2.66. The molecule has 0 spiro atoms. The summed E-state index contributed by atoms with van der Waals surface area (Å²) in [5.41, 5.74) is 0.986. The van der Waals surface area contributed by atoms with Gasteiger partial charge in [0.25, 0.3) is 0 Å². The van der Waals surface area contributed by atoms with Crippen molar-refractivity contribution in [3.8, 4) is 0 Å². The first-order chi connectivity index (χ1) is 26.0. The van der Waals surface area contributed by atoms with Crippen molar-refractivity contribution in [2.45, 2.75) is 177 Å². The number of hydrogen-bond acceptors (Lipinski definition) is 16. The van der Waals surface area contributed by atoms with Gasteiger partial charge in [-0.3, -0.25) is 4.79 Å². The first kappa shape index (κ1) is 42.0. The number of Topliss-reactive ketones (excluding diaryl/α,β-unsaturated/α-hetero) is 1. The Morgan fingerprint density at radius 3 is 2.02 bits per heavy atom. The highest BCUT2D eigenvalue weighted by atomic mass is 16.8. The van der Waals surface area contributed by atoms with Crippen LogP contribution < -0.4 is 0 Å². The molecule has 7 rings (SSSR count). The second-order valence-electron chi connectivity index (χ2n) is 17.9. The zero-order chi connectivity index (χ0) is 39.7. The molecule has 0 unspecified atom stereocenters. The zero-order valence-corrected chi connectivity index (χ0v) is 32.1. The van der Waals surface area contributed by atoms with Gasteiger partial charge in [-0.25, -0.2) is 0 Å². The van der Waals surface area contributed by atoms with Crippen LogP contribution in [-0.2, 0) is 33.2 Å². The van der Waals surface area contributed by atoms with E-state index >= 15 is 0 Å². The first-order valence-corrected chi connectivity index (χ1v) is 20.2. The summed E-state index contributed by atoms with van der Waals surface area (Å²) in [5.74, 6) is 2.00. The minimum atomic E-state index is -1.81. The fraction of sp³-hybridized carbons (Fsp3) is 0.923. The highest BCUT2D eigenvalue weighted by molar-refractivity contribution is 5.95. The quantitative estimate of drug-likeness (QED) is 0.127. The topological polar surface area (TPSA) is 255 Å². The molecule has 0 radical (unpaired) electrons. The molecular weight excluding hydrogens is 724 g/mol. The monoisotopic (exact) mass is 786 g/mol. The first-order valence-electron chi connectivity index (χ1n) is 20.2. The second-order valence-corrected chi connectivity index (χ2v) is 17.9. The van der Waals surface area contributed by atoms with Gasteiger partial charge in [-0.2, -0.15) is 0 Å². The van der Waals surface area contributed by atoms with Crippen molar-refractivity contribution < 1.29 is 79.2 Å². The number of carbonyl (C=O) groups is 1. The Balaban J connectivity index is 1.09. The van der Waals surface area contributed by atoms with Gasteiger partial charge in [0.2, 0.25) is 0 Å². The summed E-state index contributed by atoms with van der Waals surface area (Å²) in [5, 5.41) is 95.1. The molecule has 0 amide bonds. The molecular formula is C39H62O16. The third-order valence-electron chi connectivity index (χ3n) is 14.9. The van der Waals surface area contributed by atoms with Crippen LogP contribution >= 0.6 is 0 Å². The minimum Gasteiger partial charge on any atom is -0.394 e. The van der Waals surface area contributed by atoms with E-state index in [1.54, 1.807) is 6.92 Å². The van der Waals surface area contributed by atoms with E-state index in [0.717, 1.165) is 44.1 Å². The van der Waals surface area contributed by atoms with Crippen molar-refractivity contribution in [2.75, 3.05) is 13.2 Å². The summed E-state index contributed by atoms with van der Waals surface area (Å²) in [6.45, 7) is 6.44. The van der Waals surface area contributed by atoms with E-state index in [1.807, 2.05) is 0 Å². The number of carbonyl (C=O) groups excluding carboxylic acids is 1. The van der Waals surface area contributed by atoms with Gasteiger partial charge in [-0.15, -0.1) is 0 Å². The number of allylic oxidation sites excluding steroid dienone is 2.